The van der Waals surface area contributed by atoms with Crippen LogP contribution in [0.2, 0.25) is 0 Å². The summed E-state index contributed by atoms with van der Waals surface area (Å²) in [6, 6.07) is 13.5. The average molecular weight is 349 g/mol. The highest BCUT2D eigenvalue weighted by Crippen LogP contribution is 2.22. The molecule has 0 aliphatic heterocycles. The molecule has 4 nitrogen and oxygen atoms in total. The zero-order valence-corrected chi connectivity index (χ0v) is 13.6. The van der Waals surface area contributed by atoms with E-state index in [1.807, 2.05) is 12.1 Å². The van der Waals surface area contributed by atoms with Crippen molar-refractivity contribution in [2.24, 2.45) is 0 Å². The largest absolute Gasteiger partial charge is 0.306 e. The van der Waals surface area contributed by atoms with Crippen LogP contribution in [0.25, 0.3) is 0 Å². The topological polar surface area (TPSA) is 55.2 Å². The molecule has 2 aromatic carbocycles. The van der Waals surface area contributed by atoms with Gasteiger partial charge in [0.05, 0.1) is 4.92 Å². The van der Waals surface area contributed by atoms with E-state index in [0.717, 1.165) is 10.0 Å². The maximum atomic E-state index is 10.9. The van der Waals surface area contributed by atoms with E-state index in [1.54, 1.807) is 6.07 Å². The SMILES string of the molecule is Cc1cccc([C@@H](C)NCc2cc(Br)cc([N+](=O)[O-])c2)c1. The van der Waals surface area contributed by atoms with Gasteiger partial charge in [0.2, 0.25) is 0 Å². The van der Waals surface area contributed by atoms with E-state index in [9.17, 15) is 10.1 Å². The van der Waals surface area contributed by atoms with E-state index < -0.39 is 0 Å². The summed E-state index contributed by atoms with van der Waals surface area (Å²) in [5.41, 5.74) is 3.42. The number of hydrogen-bond donors (Lipinski definition) is 1. The van der Waals surface area contributed by atoms with E-state index in [0.29, 0.717) is 6.54 Å². The van der Waals surface area contributed by atoms with Crippen LogP contribution in [0.3, 0.4) is 0 Å². The van der Waals surface area contributed by atoms with E-state index >= 15 is 0 Å². The molecular formula is C16H17BrN2O2. The van der Waals surface area contributed by atoms with Gasteiger partial charge in [-0.15, -0.1) is 0 Å². The molecule has 0 saturated carbocycles. The Morgan fingerprint density at radius 3 is 2.71 bits per heavy atom. The number of nitrogens with one attached hydrogen (secondary N) is 1. The van der Waals surface area contributed by atoms with Crippen LogP contribution in [0, 0.1) is 17.0 Å². The predicted molar refractivity (Wildman–Crippen MR) is 87.2 cm³/mol. The Labute approximate surface area is 132 Å². The fraction of sp³-hybridized carbons (Fsp3) is 0.250. The Morgan fingerprint density at radius 2 is 2.05 bits per heavy atom. The van der Waals surface area contributed by atoms with Crippen molar-refractivity contribution in [1.82, 2.24) is 5.32 Å². The number of rotatable bonds is 5. The van der Waals surface area contributed by atoms with Crippen LogP contribution in [-0.2, 0) is 6.54 Å². The van der Waals surface area contributed by atoms with E-state index in [1.165, 1.54) is 17.2 Å². The lowest BCUT2D eigenvalue weighted by atomic mass is 10.1. The standard InChI is InChI=1S/C16H17BrN2O2/c1-11-4-3-5-14(6-11)12(2)18-10-13-7-15(17)9-16(8-13)19(20)21/h3-9,12,18H,10H2,1-2H3/t12-/m1/s1. The minimum absolute atomic E-state index is 0.101. The van der Waals surface area contributed by atoms with Crippen molar-refractivity contribution in [2.45, 2.75) is 26.4 Å². The third-order valence-electron chi connectivity index (χ3n) is 3.31. The third-order valence-corrected chi connectivity index (χ3v) is 3.77. The van der Waals surface area contributed by atoms with Crippen molar-refractivity contribution in [2.75, 3.05) is 0 Å². The summed E-state index contributed by atoms with van der Waals surface area (Å²) in [5, 5.41) is 14.3. The lowest BCUT2D eigenvalue weighted by Crippen LogP contribution is -2.18. The first-order valence-electron chi connectivity index (χ1n) is 6.69. The van der Waals surface area contributed by atoms with Crippen molar-refractivity contribution >= 4 is 21.6 Å². The van der Waals surface area contributed by atoms with Gasteiger partial charge in [0.25, 0.3) is 5.69 Å². The molecule has 2 aromatic rings. The van der Waals surface area contributed by atoms with E-state index in [4.69, 9.17) is 0 Å². The highest BCUT2D eigenvalue weighted by molar-refractivity contribution is 9.10. The molecule has 0 aromatic heterocycles. The van der Waals surface area contributed by atoms with Gasteiger partial charge in [0, 0.05) is 29.2 Å². The second-order valence-corrected chi connectivity index (χ2v) is 6.01. The molecule has 0 aliphatic rings. The number of hydrogen-bond acceptors (Lipinski definition) is 3. The monoisotopic (exact) mass is 348 g/mol. The lowest BCUT2D eigenvalue weighted by molar-refractivity contribution is -0.385. The summed E-state index contributed by atoms with van der Waals surface area (Å²) in [6.45, 7) is 4.73. The number of aryl methyl sites for hydroxylation is 1. The Hall–Kier alpha value is -1.72. The number of non-ortho nitro benzene ring substituents is 1. The predicted octanol–water partition coefficient (Wildman–Crippen LogP) is 4.52. The molecule has 1 N–H and O–H groups in total. The molecule has 0 saturated heterocycles. The van der Waals surface area contributed by atoms with Crippen LogP contribution in [0.1, 0.15) is 29.7 Å². The molecule has 0 bridgehead atoms. The molecule has 0 fully saturated rings. The molecule has 0 unspecified atom stereocenters. The second kappa shape index (κ2) is 6.83. The molecule has 1 atom stereocenters. The molecule has 5 heteroatoms. The smallest absolute Gasteiger partial charge is 0.270 e. The first kappa shape index (κ1) is 15.7. The van der Waals surface area contributed by atoms with Crippen molar-refractivity contribution < 1.29 is 4.92 Å². The average Bonchev–Trinajstić information content (AvgIpc) is 2.44. The van der Waals surface area contributed by atoms with Crippen molar-refractivity contribution in [3.05, 3.63) is 73.7 Å². The highest BCUT2D eigenvalue weighted by atomic mass is 79.9. The normalized spacial score (nSPS) is 12.1. The molecular weight excluding hydrogens is 332 g/mol. The van der Waals surface area contributed by atoms with Crippen LogP contribution < -0.4 is 5.32 Å². The van der Waals surface area contributed by atoms with Crippen LogP contribution >= 0.6 is 15.9 Å². The Bertz CT molecular complexity index is 658. The van der Waals surface area contributed by atoms with Crippen molar-refractivity contribution in [1.29, 1.82) is 0 Å². The maximum absolute atomic E-state index is 10.9. The molecule has 110 valence electrons. The highest BCUT2D eigenvalue weighted by Gasteiger charge is 2.10. The molecule has 0 aliphatic carbocycles. The van der Waals surface area contributed by atoms with Gasteiger partial charge in [-0.2, -0.15) is 0 Å². The Morgan fingerprint density at radius 1 is 1.29 bits per heavy atom. The van der Waals surface area contributed by atoms with E-state index in [2.05, 4.69) is 53.3 Å². The number of nitro benzene ring substituents is 1. The maximum Gasteiger partial charge on any atom is 0.270 e. The zero-order valence-electron chi connectivity index (χ0n) is 12.0. The van der Waals surface area contributed by atoms with Gasteiger partial charge in [-0.1, -0.05) is 45.8 Å². The Balaban J connectivity index is 2.07. The fourth-order valence-corrected chi connectivity index (χ4v) is 2.70. The number of nitrogens with zero attached hydrogens (tertiary/aromatic N) is 1. The van der Waals surface area contributed by atoms with Gasteiger partial charge in [-0.3, -0.25) is 10.1 Å². The van der Waals surface area contributed by atoms with Gasteiger partial charge in [-0.25, -0.2) is 0 Å². The summed E-state index contributed by atoms with van der Waals surface area (Å²) in [6.07, 6.45) is 0. The van der Waals surface area contributed by atoms with Crippen molar-refractivity contribution in [3.63, 3.8) is 0 Å². The van der Waals surface area contributed by atoms with Gasteiger partial charge in [0.1, 0.15) is 0 Å². The first-order chi connectivity index (χ1) is 9.95. The molecule has 0 amide bonds. The number of benzene rings is 2. The van der Waals surface area contributed by atoms with Crippen molar-refractivity contribution in [3.8, 4) is 0 Å². The quantitative estimate of drug-likeness (QED) is 0.638. The number of halogens is 1. The first-order valence-corrected chi connectivity index (χ1v) is 7.49. The summed E-state index contributed by atoms with van der Waals surface area (Å²) in [4.78, 5) is 10.5. The summed E-state index contributed by atoms with van der Waals surface area (Å²) in [5.74, 6) is 0. The molecule has 0 spiro atoms. The Kier molecular flexibility index (Phi) is 5.09. The second-order valence-electron chi connectivity index (χ2n) is 5.09. The van der Waals surface area contributed by atoms with Gasteiger partial charge >= 0.3 is 0 Å². The molecule has 2 rings (SSSR count). The summed E-state index contributed by atoms with van der Waals surface area (Å²) in [7, 11) is 0. The van der Waals surface area contributed by atoms with Gasteiger partial charge in [-0.05, 0) is 31.0 Å². The molecule has 0 radical (unpaired) electrons. The lowest BCUT2D eigenvalue weighted by Gasteiger charge is -2.15. The molecule has 21 heavy (non-hydrogen) atoms. The zero-order chi connectivity index (χ0) is 15.4. The number of nitro groups is 1. The van der Waals surface area contributed by atoms with Crippen LogP contribution in [-0.4, -0.2) is 4.92 Å². The van der Waals surface area contributed by atoms with Gasteiger partial charge < -0.3 is 5.32 Å². The van der Waals surface area contributed by atoms with Crippen LogP contribution in [0.4, 0.5) is 5.69 Å². The minimum Gasteiger partial charge on any atom is -0.306 e. The summed E-state index contributed by atoms with van der Waals surface area (Å²) >= 11 is 3.31. The summed E-state index contributed by atoms with van der Waals surface area (Å²) < 4.78 is 0.719. The molecule has 0 heterocycles. The van der Waals surface area contributed by atoms with E-state index in [-0.39, 0.29) is 16.7 Å². The van der Waals surface area contributed by atoms with Crippen LogP contribution in [0.5, 0.6) is 0 Å². The minimum atomic E-state index is -0.377. The fourth-order valence-electron chi connectivity index (χ4n) is 2.17. The van der Waals surface area contributed by atoms with Gasteiger partial charge in [0.15, 0.2) is 0 Å². The van der Waals surface area contributed by atoms with Crippen LogP contribution in [0.15, 0.2) is 46.9 Å². The third kappa shape index (κ3) is 4.37.